The van der Waals surface area contributed by atoms with Crippen molar-refractivity contribution in [1.82, 2.24) is 0 Å². The summed E-state index contributed by atoms with van der Waals surface area (Å²) in [6, 6.07) is 5.89. The van der Waals surface area contributed by atoms with Crippen molar-refractivity contribution in [2.75, 3.05) is 14.2 Å². The molecule has 19 heavy (non-hydrogen) atoms. The van der Waals surface area contributed by atoms with Gasteiger partial charge in [0, 0.05) is 16.7 Å². The lowest BCUT2D eigenvalue weighted by molar-refractivity contribution is -0.138. The number of carbonyl (C=O) groups is 3. The molecule has 0 spiro atoms. The number of carbonyl (C=O) groups excluding carboxylic acids is 3. The average Bonchev–Trinajstić information content (AvgIpc) is 2.43. The Bertz CT molecular complexity index is 530. The molecule has 6 heteroatoms. The molecule has 0 unspecified atom stereocenters. The molecule has 0 aliphatic rings. The highest BCUT2D eigenvalue weighted by Crippen LogP contribution is 2.14. The number of halogens is 1. The van der Waals surface area contributed by atoms with Crippen LogP contribution < -0.4 is 0 Å². The number of benzene rings is 1. The Kier molecular flexibility index (Phi) is 5.26. The van der Waals surface area contributed by atoms with Crippen LogP contribution in [0, 0.1) is 0 Å². The maximum absolute atomic E-state index is 12.1. The normalized spacial score (nSPS) is 10.8. The fourth-order valence-electron chi connectivity index (χ4n) is 1.26. The summed E-state index contributed by atoms with van der Waals surface area (Å²) in [4.78, 5) is 34.7. The van der Waals surface area contributed by atoms with Crippen molar-refractivity contribution in [3.63, 3.8) is 0 Å². The van der Waals surface area contributed by atoms with E-state index >= 15 is 0 Å². The average molecular weight is 283 g/mol. The summed E-state index contributed by atoms with van der Waals surface area (Å²) in [6.45, 7) is 0. The summed E-state index contributed by atoms with van der Waals surface area (Å²) < 4.78 is 8.85. The Morgan fingerprint density at radius 3 is 2.11 bits per heavy atom. The summed E-state index contributed by atoms with van der Waals surface area (Å²) in [6.07, 6.45) is 0.794. The van der Waals surface area contributed by atoms with Crippen molar-refractivity contribution in [3.8, 4) is 0 Å². The van der Waals surface area contributed by atoms with E-state index in [1.54, 1.807) is 0 Å². The SMILES string of the molecule is COC(=O)/C=C(/C(=O)OC)C(=O)c1ccc(Cl)cc1. The summed E-state index contributed by atoms with van der Waals surface area (Å²) in [5.74, 6) is -2.37. The molecule has 0 saturated heterocycles. The van der Waals surface area contributed by atoms with Gasteiger partial charge in [0.1, 0.15) is 5.57 Å². The minimum Gasteiger partial charge on any atom is -0.466 e. The number of ether oxygens (including phenoxy) is 2. The molecule has 0 radical (unpaired) electrons. The van der Waals surface area contributed by atoms with E-state index in [4.69, 9.17) is 11.6 Å². The third-order valence-electron chi connectivity index (χ3n) is 2.22. The molecule has 1 rings (SSSR count). The van der Waals surface area contributed by atoms with Gasteiger partial charge in [-0.1, -0.05) is 11.6 Å². The highest BCUT2D eigenvalue weighted by molar-refractivity contribution is 6.31. The van der Waals surface area contributed by atoms with Crippen LogP contribution in [-0.4, -0.2) is 31.9 Å². The van der Waals surface area contributed by atoms with Crippen molar-refractivity contribution in [1.29, 1.82) is 0 Å². The predicted molar refractivity (Wildman–Crippen MR) is 67.9 cm³/mol. The van der Waals surface area contributed by atoms with Crippen LogP contribution in [0.2, 0.25) is 5.02 Å². The molecular formula is C13H11ClO5. The third kappa shape index (κ3) is 3.93. The Hall–Kier alpha value is -2.14. The second-order valence-electron chi connectivity index (χ2n) is 3.41. The zero-order valence-electron chi connectivity index (χ0n) is 10.3. The topological polar surface area (TPSA) is 69.7 Å². The summed E-state index contributed by atoms with van der Waals surface area (Å²) in [5.41, 5.74) is -0.193. The van der Waals surface area contributed by atoms with Crippen LogP contribution in [0.5, 0.6) is 0 Å². The lowest BCUT2D eigenvalue weighted by Gasteiger charge is -2.04. The van der Waals surface area contributed by atoms with Crippen LogP contribution in [0.1, 0.15) is 10.4 Å². The van der Waals surface area contributed by atoms with E-state index in [0.29, 0.717) is 5.02 Å². The largest absolute Gasteiger partial charge is 0.466 e. The van der Waals surface area contributed by atoms with E-state index in [1.165, 1.54) is 24.3 Å². The Morgan fingerprint density at radius 1 is 1.05 bits per heavy atom. The van der Waals surface area contributed by atoms with Crippen LogP contribution in [0.25, 0.3) is 0 Å². The molecule has 1 aromatic carbocycles. The first-order valence-electron chi connectivity index (χ1n) is 5.17. The number of Topliss-reactive ketones (excluding diaryl/α,β-unsaturated/α-hetero) is 1. The number of rotatable bonds is 4. The molecule has 0 saturated carbocycles. The Morgan fingerprint density at radius 2 is 1.63 bits per heavy atom. The van der Waals surface area contributed by atoms with E-state index in [2.05, 4.69) is 9.47 Å². The quantitative estimate of drug-likeness (QED) is 0.277. The van der Waals surface area contributed by atoms with Crippen LogP contribution in [0.3, 0.4) is 0 Å². The number of hydrogen-bond acceptors (Lipinski definition) is 5. The molecule has 0 amide bonds. The lowest BCUT2D eigenvalue weighted by atomic mass is 10.0. The van der Waals surface area contributed by atoms with Crippen LogP contribution in [0.4, 0.5) is 0 Å². The van der Waals surface area contributed by atoms with Crippen molar-refractivity contribution in [2.24, 2.45) is 0 Å². The lowest BCUT2D eigenvalue weighted by Crippen LogP contribution is -2.16. The van der Waals surface area contributed by atoms with Gasteiger partial charge in [-0.25, -0.2) is 9.59 Å². The molecule has 0 aromatic heterocycles. The van der Waals surface area contributed by atoms with E-state index in [9.17, 15) is 14.4 Å². The maximum Gasteiger partial charge on any atom is 0.342 e. The summed E-state index contributed by atoms with van der Waals surface area (Å²) in [7, 11) is 2.25. The van der Waals surface area contributed by atoms with Gasteiger partial charge >= 0.3 is 11.9 Å². The standard InChI is InChI=1S/C13H11ClO5/c1-18-11(15)7-10(13(17)19-2)12(16)8-3-5-9(14)6-4-8/h3-7H,1-2H3/b10-7+. The molecule has 0 N–H and O–H groups in total. The first-order valence-corrected chi connectivity index (χ1v) is 5.55. The maximum atomic E-state index is 12.1. The zero-order chi connectivity index (χ0) is 14.4. The smallest absolute Gasteiger partial charge is 0.342 e. The van der Waals surface area contributed by atoms with Gasteiger partial charge in [-0.2, -0.15) is 0 Å². The predicted octanol–water partition coefficient (Wildman–Crippen LogP) is 1.80. The van der Waals surface area contributed by atoms with Gasteiger partial charge in [-0.15, -0.1) is 0 Å². The fourth-order valence-corrected chi connectivity index (χ4v) is 1.39. The molecule has 0 aliphatic carbocycles. The van der Waals surface area contributed by atoms with Crippen LogP contribution >= 0.6 is 11.6 Å². The van der Waals surface area contributed by atoms with E-state index in [0.717, 1.165) is 20.3 Å². The molecular weight excluding hydrogens is 272 g/mol. The Balaban J connectivity index is 3.15. The molecule has 1 aromatic rings. The van der Waals surface area contributed by atoms with Crippen LogP contribution in [-0.2, 0) is 19.1 Å². The van der Waals surface area contributed by atoms with Gasteiger partial charge in [-0.05, 0) is 24.3 Å². The highest BCUT2D eigenvalue weighted by atomic mass is 35.5. The number of methoxy groups -OCH3 is 2. The first kappa shape index (κ1) is 14.9. The van der Waals surface area contributed by atoms with Gasteiger partial charge < -0.3 is 9.47 Å². The first-order chi connectivity index (χ1) is 8.99. The van der Waals surface area contributed by atoms with Gasteiger partial charge in [-0.3, -0.25) is 4.79 Å². The molecule has 0 bridgehead atoms. The van der Waals surface area contributed by atoms with Gasteiger partial charge in [0.05, 0.1) is 14.2 Å². The van der Waals surface area contributed by atoms with E-state index < -0.39 is 23.3 Å². The fraction of sp³-hybridized carbons (Fsp3) is 0.154. The molecule has 0 heterocycles. The van der Waals surface area contributed by atoms with Gasteiger partial charge in [0.25, 0.3) is 0 Å². The second kappa shape index (κ2) is 6.70. The van der Waals surface area contributed by atoms with Crippen molar-refractivity contribution in [2.45, 2.75) is 0 Å². The third-order valence-corrected chi connectivity index (χ3v) is 2.47. The van der Waals surface area contributed by atoms with Gasteiger partial charge in [0.2, 0.25) is 5.78 Å². The summed E-state index contributed by atoms with van der Waals surface area (Å²) >= 11 is 5.70. The molecule has 5 nitrogen and oxygen atoms in total. The number of esters is 2. The van der Waals surface area contributed by atoms with Gasteiger partial charge in [0.15, 0.2) is 0 Å². The Labute approximate surface area is 114 Å². The van der Waals surface area contributed by atoms with Crippen LogP contribution in [0.15, 0.2) is 35.9 Å². The number of hydrogen-bond donors (Lipinski definition) is 0. The van der Waals surface area contributed by atoms with E-state index in [1.807, 2.05) is 0 Å². The number of ketones is 1. The van der Waals surface area contributed by atoms with E-state index in [-0.39, 0.29) is 5.56 Å². The summed E-state index contributed by atoms with van der Waals surface area (Å²) in [5, 5.41) is 0.452. The highest BCUT2D eigenvalue weighted by Gasteiger charge is 2.22. The second-order valence-corrected chi connectivity index (χ2v) is 3.85. The van der Waals surface area contributed by atoms with Crippen molar-refractivity contribution in [3.05, 3.63) is 46.5 Å². The minimum atomic E-state index is -0.912. The molecule has 0 aliphatic heterocycles. The molecule has 0 fully saturated rings. The minimum absolute atomic E-state index is 0.213. The molecule has 0 atom stereocenters. The zero-order valence-corrected chi connectivity index (χ0v) is 11.1. The monoisotopic (exact) mass is 282 g/mol. The van der Waals surface area contributed by atoms with Crippen molar-refractivity contribution >= 4 is 29.3 Å². The molecule has 100 valence electrons. The van der Waals surface area contributed by atoms with Crippen molar-refractivity contribution < 1.29 is 23.9 Å².